The maximum Gasteiger partial charge on any atom is 0.325 e. The first-order valence-electron chi connectivity index (χ1n) is 5.42. The highest BCUT2D eigenvalue weighted by Crippen LogP contribution is 2.31. The molecule has 4 heteroatoms. The number of rotatable bonds is 2. The van der Waals surface area contributed by atoms with Gasteiger partial charge in [0, 0.05) is 5.56 Å². The van der Waals surface area contributed by atoms with Crippen LogP contribution >= 0.6 is 0 Å². The second-order valence-electron chi connectivity index (χ2n) is 4.20. The number of aliphatic carboxylic acids is 1. The standard InChI is InChI=1S/C12H15NO3/c13-11(12(15)16)9-5-7-3-1-2-4-8(7)6-10(9)14/h5-6,11,14H,1-4,13H2,(H,15,16). The van der Waals surface area contributed by atoms with Gasteiger partial charge < -0.3 is 15.9 Å². The van der Waals surface area contributed by atoms with Crippen LogP contribution in [0.4, 0.5) is 0 Å². The van der Waals surface area contributed by atoms with Crippen LogP contribution in [0.15, 0.2) is 12.1 Å². The fraction of sp³-hybridized carbons (Fsp3) is 0.417. The largest absolute Gasteiger partial charge is 0.508 e. The maximum atomic E-state index is 10.8. The average Bonchev–Trinajstić information content (AvgIpc) is 2.27. The second kappa shape index (κ2) is 4.14. The molecule has 0 radical (unpaired) electrons. The number of carbonyl (C=O) groups is 1. The molecule has 1 aromatic rings. The lowest BCUT2D eigenvalue weighted by Gasteiger charge is -2.19. The van der Waals surface area contributed by atoms with E-state index in [1.807, 2.05) is 0 Å². The fourth-order valence-corrected chi connectivity index (χ4v) is 2.17. The molecule has 1 unspecified atom stereocenters. The minimum absolute atomic E-state index is 0.00412. The van der Waals surface area contributed by atoms with Gasteiger partial charge in [-0.1, -0.05) is 0 Å². The molecule has 16 heavy (non-hydrogen) atoms. The molecule has 0 saturated carbocycles. The number of carboxylic acids is 1. The van der Waals surface area contributed by atoms with Gasteiger partial charge in [0.1, 0.15) is 11.8 Å². The number of aromatic hydroxyl groups is 1. The van der Waals surface area contributed by atoms with E-state index in [-0.39, 0.29) is 5.75 Å². The number of carboxylic acid groups (broad SMARTS) is 1. The van der Waals surface area contributed by atoms with E-state index in [1.54, 1.807) is 12.1 Å². The Labute approximate surface area is 93.7 Å². The van der Waals surface area contributed by atoms with Crippen LogP contribution in [0.5, 0.6) is 5.75 Å². The highest BCUT2D eigenvalue weighted by atomic mass is 16.4. The van der Waals surface area contributed by atoms with Gasteiger partial charge in [-0.2, -0.15) is 0 Å². The van der Waals surface area contributed by atoms with Crippen molar-refractivity contribution < 1.29 is 15.0 Å². The molecule has 0 spiro atoms. The Bertz CT molecular complexity index is 429. The monoisotopic (exact) mass is 221 g/mol. The van der Waals surface area contributed by atoms with Crippen molar-refractivity contribution in [3.63, 3.8) is 0 Å². The van der Waals surface area contributed by atoms with Crippen LogP contribution in [-0.4, -0.2) is 16.2 Å². The number of nitrogens with two attached hydrogens (primary N) is 1. The molecule has 1 aliphatic carbocycles. The number of hydrogen-bond acceptors (Lipinski definition) is 3. The van der Waals surface area contributed by atoms with E-state index in [1.165, 1.54) is 0 Å². The number of fused-ring (bicyclic) bond motifs is 1. The van der Waals surface area contributed by atoms with Crippen LogP contribution in [0.1, 0.15) is 35.6 Å². The van der Waals surface area contributed by atoms with Crippen LogP contribution in [0, 0.1) is 0 Å². The van der Waals surface area contributed by atoms with Crippen LogP contribution in [-0.2, 0) is 17.6 Å². The molecule has 1 aromatic carbocycles. The molecule has 0 aliphatic heterocycles. The molecular formula is C12H15NO3. The topological polar surface area (TPSA) is 83.6 Å². The van der Waals surface area contributed by atoms with Gasteiger partial charge in [0.2, 0.25) is 0 Å². The third-order valence-electron chi connectivity index (χ3n) is 3.09. The number of benzene rings is 1. The average molecular weight is 221 g/mol. The van der Waals surface area contributed by atoms with E-state index < -0.39 is 12.0 Å². The van der Waals surface area contributed by atoms with Crippen molar-refractivity contribution >= 4 is 5.97 Å². The maximum absolute atomic E-state index is 10.8. The Morgan fingerprint density at radius 2 is 1.81 bits per heavy atom. The van der Waals surface area contributed by atoms with E-state index in [9.17, 15) is 9.90 Å². The summed E-state index contributed by atoms with van der Waals surface area (Å²) in [6.45, 7) is 0. The van der Waals surface area contributed by atoms with Crippen LogP contribution in [0.25, 0.3) is 0 Å². The van der Waals surface area contributed by atoms with Gasteiger partial charge in [-0.25, -0.2) is 0 Å². The summed E-state index contributed by atoms with van der Waals surface area (Å²) < 4.78 is 0. The minimum Gasteiger partial charge on any atom is -0.508 e. The minimum atomic E-state index is -1.15. The predicted octanol–water partition coefficient (Wildman–Crippen LogP) is 1.36. The SMILES string of the molecule is NC(C(=O)O)c1cc2c(cc1O)CCCC2. The van der Waals surface area contributed by atoms with Crippen molar-refractivity contribution in [1.29, 1.82) is 0 Å². The summed E-state index contributed by atoms with van der Waals surface area (Å²) in [5.41, 5.74) is 8.06. The van der Waals surface area contributed by atoms with E-state index >= 15 is 0 Å². The van der Waals surface area contributed by atoms with Gasteiger partial charge in [0.15, 0.2) is 0 Å². The quantitative estimate of drug-likeness (QED) is 0.704. The summed E-state index contributed by atoms with van der Waals surface area (Å²) >= 11 is 0. The molecule has 0 bridgehead atoms. The summed E-state index contributed by atoms with van der Waals surface area (Å²) in [6, 6.07) is 2.25. The van der Waals surface area contributed by atoms with Gasteiger partial charge in [0.25, 0.3) is 0 Å². The fourth-order valence-electron chi connectivity index (χ4n) is 2.17. The molecule has 0 saturated heterocycles. The molecule has 0 heterocycles. The third-order valence-corrected chi connectivity index (χ3v) is 3.09. The lowest BCUT2D eigenvalue weighted by molar-refractivity contribution is -0.138. The summed E-state index contributed by atoms with van der Waals surface area (Å²) in [4.78, 5) is 10.8. The highest BCUT2D eigenvalue weighted by molar-refractivity contribution is 5.76. The Morgan fingerprint density at radius 3 is 2.38 bits per heavy atom. The second-order valence-corrected chi connectivity index (χ2v) is 4.20. The van der Waals surface area contributed by atoms with Crippen molar-refractivity contribution in [2.75, 3.05) is 0 Å². The van der Waals surface area contributed by atoms with E-state index in [0.717, 1.165) is 36.8 Å². The van der Waals surface area contributed by atoms with Crippen molar-refractivity contribution in [1.82, 2.24) is 0 Å². The third kappa shape index (κ3) is 1.88. The van der Waals surface area contributed by atoms with Crippen LogP contribution in [0.2, 0.25) is 0 Å². The highest BCUT2D eigenvalue weighted by Gasteiger charge is 2.21. The predicted molar refractivity (Wildman–Crippen MR) is 59.3 cm³/mol. The number of aryl methyl sites for hydroxylation is 2. The first-order chi connectivity index (χ1) is 7.59. The Hall–Kier alpha value is -1.55. The number of phenolic OH excluding ortho intramolecular Hbond substituents is 1. The molecular weight excluding hydrogens is 206 g/mol. The summed E-state index contributed by atoms with van der Waals surface area (Å²) in [7, 11) is 0. The Balaban J connectivity index is 2.43. The summed E-state index contributed by atoms with van der Waals surface area (Å²) in [5, 5.41) is 18.6. The van der Waals surface area contributed by atoms with E-state index in [4.69, 9.17) is 10.8 Å². The zero-order chi connectivity index (χ0) is 11.7. The van der Waals surface area contributed by atoms with Gasteiger partial charge in [0.05, 0.1) is 0 Å². The molecule has 4 N–H and O–H groups in total. The van der Waals surface area contributed by atoms with Crippen molar-refractivity contribution in [2.45, 2.75) is 31.7 Å². The van der Waals surface area contributed by atoms with Crippen molar-refractivity contribution in [3.8, 4) is 5.75 Å². The zero-order valence-corrected chi connectivity index (χ0v) is 8.94. The Kier molecular flexibility index (Phi) is 2.83. The lowest BCUT2D eigenvalue weighted by atomic mass is 9.88. The van der Waals surface area contributed by atoms with Gasteiger partial charge in [-0.05, 0) is 48.9 Å². The molecule has 2 rings (SSSR count). The molecule has 86 valence electrons. The summed E-state index contributed by atoms with van der Waals surface area (Å²) in [5.74, 6) is -1.12. The van der Waals surface area contributed by atoms with Crippen LogP contribution in [0.3, 0.4) is 0 Å². The van der Waals surface area contributed by atoms with E-state index in [2.05, 4.69) is 0 Å². The molecule has 4 nitrogen and oxygen atoms in total. The van der Waals surface area contributed by atoms with Gasteiger partial charge in [-0.3, -0.25) is 4.79 Å². The zero-order valence-electron chi connectivity index (χ0n) is 8.94. The molecule has 1 atom stereocenters. The molecule has 0 amide bonds. The van der Waals surface area contributed by atoms with Crippen LogP contribution < -0.4 is 5.73 Å². The number of hydrogen-bond donors (Lipinski definition) is 3. The Morgan fingerprint density at radius 1 is 1.25 bits per heavy atom. The van der Waals surface area contributed by atoms with Gasteiger partial charge in [-0.15, -0.1) is 0 Å². The number of phenols is 1. The first kappa shape index (κ1) is 11.0. The smallest absolute Gasteiger partial charge is 0.325 e. The van der Waals surface area contributed by atoms with Gasteiger partial charge >= 0.3 is 5.97 Å². The molecule has 1 aliphatic rings. The molecule has 0 aromatic heterocycles. The van der Waals surface area contributed by atoms with Crippen molar-refractivity contribution in [2.24, 2.45) is 5.73 Å². The molecule has 0 fully saturated rings. The lowest BCUT2D eigenvalue weighted by Crippen LogP contribution is -2.21. The van der Waals surface area contributed by atoms with E-state index in [0.29, 0.717) is 5.56 Å². The summed E-state index contributed by atoms with van der Waals surface area (Å²) in [6.07, 6.45) is 4.12. The normalized spacial score (nSPS) is 16.6. The first-order valence-corrected chi connectivity index (χ1v) is 5.42. The van der Waals surface area contributed by atoms with Crippen molar-refractivity contribution in [3.05, 3.63) is 28.8 Å².